The van der Waals surface area contributed by atoms with Crippen LogP contribution in [0.25, 0.3) is 5.76 Å². The standard InChI is InChI=1S/C14H14FNO4/c1-6-10(15)4-8-11(12(6)17)16(7-2-3-7)5-9(13(8)18)14(19)20/h5,7,10,17H,2-4H2,1H3,(H,19,20). The van der Waals surface area contributed by atoms with Crippen LogP contribution in [-0.4, -0.2) is 26.9 Å². The van der Waals surface area contributed by atoms with E-state index in [0.717, 1.165) is 12.8 Å². The van der Waals surface area contributed by atoms with Crippen molar-refractivity contribution >= 4 is 11.7 Å². The van der Waals surface area contributed by atoms with Crippen LogP contribution in [0.5, 0.6) is 0 Å². The summed E-state index contributed by atoms with van der Waals surface area (Å²) < 4.78 is 15.5. The lowest BCUT2D eigenvalue weighted by Gasteiger charge is -2.24. The number of aliphatic hydroxyl groups is 1. The van der Waals surface area contributed by atoms with Gasteiger partial charge >= 0.3 is 5.97 Å². The van der Waals surface area contributed by atoms with E-state index in [1.165, 1.54) is 13.1 Å². The lowest BCUT2D eigenvalue weighted by molar-refractivity contribution is 0.0694. The lowest BCUT2D eigenvalue weighted by Crippen LogP contribution is -2.30. The summed E-state index contributed by atoms with van der Waals surface area (Å²) in [5.74, 6) is -1.56. The zero-order valence-electron chi connectivity index (χ0n) is 10.9. The first-order chi connectivity index (χ1) is 9.41. The number of nitrogens with zero attached hydrogens (tertiary/aromatic N) is 1. The zero-order chi connectivity index (χ0) is 14.6. The number of allylic oxidation sites excluding steroid dienone is 1. The Morgan fingerprint density at radius 3 is 2.65 bits per heavy atom. The van der Waals surface area contributed by atoms with Gasteiger partial charge < -0.3 is 14.8 Å². The third-order valence-corrected chi connectivity index (χ3v) is 3.95. The summed E-state index contributed by atoms with van der Waals surface area (Å²) >= 11 is 0. The molecule has 5 nitrogen and oxygen atoms in total. The summed E-state index contributed by atoms with van der Waals surface area (Å²) in [6, 6.07) is 0.0774. The molecule has 106 valence electrons. The molecule has 0 amide bonds. The minimum absolute atomic E-state index is 0.0624. The summed E-state index contributed by atoms with van der Waals surface area (Å²) in [6.07, 6.45) is 1.35. The highest BCUT2D eigenvalue weighted by atomic mass is 19.1. The van der Waals surface area contributed by atoms with Crippen LogP contribution in [0.15, 0.2) is 16.6 Å². The van der Waals surface area contributed by atoms with E-state index in [-0.39, 0.29) is 40.6 Å². The molecule has 1 heterocycles. The van der Waals surface area contributed by atoms with Crippen LogP contribution < -0.4 is 5.43 Å². The van der Waals surface area contributed by atoms with E-state index in [1.807, 2.05) is 0 Å². The van der Waals surface area contributed by atoms with Gasteiger partial charge in [0.2, 0.25) is 0 Å². The minimum Gasteiger partial charge on any atom is -0.506 e. The number of pyridine rings is 1. The van der Waals surface area contributed by atoms with Gasteiger partial charge in [-0.15, -0.1) is 0 Å². The monoisotopic (exact) mass is 279 g/mol. The van der Waals surface area contributed by atoms with Gasteiger partial charge in [-0.05, 0) is 19.8 Å². The molecule has 0 bridgehead atoms. The van der Waals surface area contributed by atoms with Gasteiger partial charge in [-0.1, -0.05) is 0 Å². The van der Waals surface area contributed by atoms with Crippen LogP contribution in [-0.2, 0) is 6.42 Å². The maximum Gasteiger partial charge on any atom is 0.341 e. The maximum absolute atomic E-state index is 13.9. The Morgan fingerprint density at radius 1 is 1.45 bits per heavy atom. The number of halogens is 1. The Bertz CT molecular complexity index is 700. The third kappa shape index (κ3) is 1.75. The Hall–Kier alpha value is -2.11. The van der Waals surface area contributed by atoms with Gasteiger partial charge in [0, 0.05) is 29.8 Å². The highest BCUT2D eigenvalue weighted by Crippen LogP contribution is 2.40. The predicted molar refractivity (Wildman–Crippen MR) is 69.8 cm³/mol. The fourth-order valence-electron chi connectivity index (χ4n) is 2.60. The van der Waals surface area contributed by atoms with Gasteiger partial charge in [-0.2, -0.15) is 0 Å². The summed E-state index contributed by atoms with van der Waals surface area (Å²) in [5.41, 5.74) is -0.531. The molecule has 2 aliphatic carbocycles. The number of hydrogen-bond acceptors (Lipinski definition) is 3. The van der Waals surface area contributed by atoms with E-state index >= 15 is 0 Å². The van der Waals surface area contributed by atoms with Crippen LogP contribution in [0.4, 0.5) is 4.39 Å². The molecule has 2 N–H and O–H groups in total. The number of hydrogen-bond donors (Lipinski definition) is 2. The van der Waals surface area contributed by atoms with Crippen molar-refractivity contribution in [1.82, 2.24) is 4.57 Å². The first kappa shape index (κ1) is 12.9. The smallest absolute Gasteiger partial charge is 0.341 e. The first-order valence-corrected chi connectivity index (χ1v) is 6.47. The van der Waals surface area contributed by atoms with Gasteiger partial charge in [0.1, 0.15) is 17.5 Å². The van der Waals surface area contributed by atoms with Crippen molar-refractivity contribution in [3.63, 3.8) is 0 Å². The van der Waals surface area contributed by atoms with Crippen molar-refractivity contribution in [2.45, 2.75) is 38.4 Å². The zero-order valence-corrected chi connectivity index (χ0v) is 10.9. The van der Waals surface area contributed by atoms with Crippen LogP contribution >= 0.6 is 0 Å². The summed E-state index contributed by atoms with van der Waals surface area (Å²) in [6.45, 7) is 1.48. The molecule has 3 rings (SSSR count). The summed E-state index contributed by atoms with van der Waals surface area (Å²) in [5, 5.41) is 19.2. The molecule has 0 saturated heterocycles. The van der Waals surface area contributed by atoms with Gasteiger partial charge in [0.05, 0.1) is 5.69 Å². The molecule has 0 spiro atoms. The van der Waals surface area contributed by atoms with Crippen LogP contribution in [0.3, 0.4) is 0 Å². The molecule has 0 radical (unpaired) electrons. The largest absolute Gasteiger partial charge is 0.506 e. The Morgan fingerprint density at radius 2 is 2.10 bits per heavy atom. The van der Waals surface area contributed by atoms with E-state index in [2.05, 4.69) is 0 Å². The van der Waals surface area contributed by atoms with Crippen molar-refractivity contribution in [1.29, 1.82) is 0 Å². The Kier molecular flexibility index (Phi) is 2.70. The molecule has 1 saturated carbocycles. The topological polar surface area (TPSA) is 79.5 Å². The summed E-state index contributed by atoms with van der Waals surface area (Å²) in [7, 11) is 0. The molecule has 1 aromatic heterocycles. The number of carbonyl (C=O) groups is 1. The number of aliphatic hydroxyl groups excluding tert-OH is 1. The fourth-order valence-corrected chi connectivity index (χ4v) is 2.60. The van der Waals surface area contributed by atoms with Crippen molar-refractivity contribution < 1.29 is 19.4 Å². The molecule has 1 aromatic rings. The molecular formula is C14H14FNO4. The van der Waals surface area contributed by atoms with Gasteiger partial charge in [0.25, 0.3) is 0 Å². The summed E-state index contributed by atoms with van der Waals surface area (Å²) in [4.78, 5) is 23.3. The van der Waals surface area contributed by atoms with Crippen LogP contribution in [0.2, 0.25) is 0 Å². The molecule has 0 aromatic carbocycles. The molecule has 0 aliphatic heterocycles. The molecular weight excluding hydrogens is 265 g/mol. The van der Waals surface area contributed by atoms with E-state index < -0.39 is 17.6 Å². The second-order valence-corrected chi connectivity index (χ2v) is 5.35. The van der Waals surface area contributed by atoms with Gasteiger partial charge in [-0.25, -0.2) is 9.18 Å². The molecule has 2 aliphatic rings. The first-order valence-electron chi connectivity index (χ1n) is 6.47. The molecule has 1 unspecified atom stereocenters. The second kappa shape index (κ2) is 4.19. The van der Waals surface area contributed by atoms with Gasteiger partial charge in [0.15, 0.2) is 5.43 Å². The lowest BCUT2D eigenvalue weighted by atomic mass is 9.91. The fraction of sp³-hybridized carbons (Fsp3) is 0.429. The number of fused-ring (bicyclic) bond motifs is 1. The van der Waals surface area contributed by atoms with E-state index in [0.29, 0.717) is 0 Å². The Balaban J connectivity index is 2.35. The number of carboxylic acid groups (broad SMARTS) is 1. The normalized spacial score (nSPS) is 21.8. The molecule has 1 atom stereocenters. The molecule has 6 heteroatoms. The van der Waals surface area contributed by atoms with E-state index in [9.17, 15) is 19.1 Å². The van der Waals surface area contributed by atoms with Crippen LogP contribution in [0, 0.1) is 0 Å². The van der Waals surface area contributed by atoms with Crippen molar-refractivity contribution in [2.24, 2.45) is 0 Å². The van der Waals surface area contributed by atoms with Crippen molar-refractivity contribution in [2.75, 3.05) is 0 Å². The van der Waals surface area contributed by atoms with Gasteiger partial charge in [-0.3, -0.25) is 4.79 Å². The van der Waals surface area contributed by atoms with Crippen LogP contribution in [0.1, 0.15) is 47.4 Å². The third-order valence-electron chi connectivity index (χ3n) is 3.95. The minimum atomic E-state index is -1.45. The van der Waals surface area contributed by atoms with Crippen molar-refractivity contribution in [3.05, 3.63) is 38.8 Å². The highest BCUT2D eigenvalue weighted by Gasteiger charge is 2.35. The molecule has 20 heavy (non-hydrogen) atoms. The maximum atomic E-state index is 13.9. The number of aromatic nitrogens is 1. The SMILES string of the molecule is CC1=C(O)c2c(c(=O)c(C(=O)O)cn2C2CC2)CC1F. The van der Waals surface area contributed by atoms with E-state index in [1.54, 1.807) is 4.57 Å². The second-order valence-electron chi connectivity index (χ2n) is 5.35. The van der Waals surface area contributed by atoms with E-state index in [4.69, 9.17) is 5.11 Å². The predicted octanol–water partition coefficient (Wildman–Crippen LogP) is 2.06. The number of aromatic carboxylic acids is 1. The number of rotatable bonds is 2. The van der Waals surface area contributed by atoms with Crippen molar-refractivity contribution in [3.8, 4) is 0 Å². The molecule has 1 fully saturated rings. The number of alkyl halides is 1. The number of carboxylic acids is 1. The average Bonchev–Trinajstić information content (AvgIpc) is 3.21. The Labute approximate surface area is 114 Å². The highest BCUT2D eigenvalue weighted by molar-refractivity contribution is 5.88. The average molecular weight is 279 g/mol. The quantitative estimate of drug-likeness (QED) is 0.868.